The molecular weight excluding hydrogens is 260 g/mol. The summed E-state index contributed by atoms with van der Waals surface area (Å²) in [7, 11) is 0. The van der Waals surface area contributed by atoms with Crippen LogP contribution >= 0.6 is 0 Å². The molecule has 4 atom stereocenters. The highest BCUT2D eigenvalue weighted by atomic mass is 16.5. The Morgan fingerprint density at radius 2 is 2.10 bits per heavy atom. The van der Waals surface area contributed by atoms with Gasteiger partial charge in [-0.05, 0) is 37.5 Å². The fourth-order valence-corrected chi connectivity index (χ4v) is 3.78. The topological polar surface area (TPSA) is 24.5 Å². The smallest absolute Gasteiger partial charge is 0.0588 e. The van der Waals surface area contributed by atoms with Crippen molar-refractivity contribution in [1.82, 2.24) is 10.2 Å². The third-order valence-corrected chi connectivity index (χ3v) is 5.40. The normalized spacial score (nSPS) is 32.7. The first-order valence-electron chi connectivity index (χ1n) is 9.19. The first-order chi connectivity index (χ1) is 10.1. The number of ether oxygens (including phenoxy) is 1. The third-order valence-electron chi connectivity index (χ3n) is 5.40. The van der Waals surface area contributed by atoms with Crippen LogP contribution in [0, 0.1) is 11.8 Å². The molecule has 2 rings (SSSR count). The number of piperazine rings is 1. The quantitative estimate of drug-likeness (QED) is 0.780. The molecule has 0 aromatic rings. The molecular formula is C18H36N2O. The molecule has 2 heterocycles. The second-order valence-electron chi connectivity index (χ2n) is 7.60. The number of hydrogen-bond acceptors (Lipinski definition) is 3. The maximum Gasteiger partial charge on any atom is 0.0588 e. The van der Waals surface area contributed by atoms with Crippen molar-refractivity contribution in [2.75, 3.05) is 26.2 Å². The monoisotopic (exact) mass is 296 g/mol. The van der Waals surface area contributed by atoms with E-state index in [2.05, 4.69) is 37.9 Å². The van der Waals surface area contributed by atoms with E-state index < -0.39 is 0 Å². The van der Waals surface area contributed by atoms with Gasteiger partial charge in [-0.25, -0.2) is 0 Å². The lowest BCUT2D eigenvalue weighted by Crippen LogP contribution is -2.58. The van der Waals surface area contributed by atoms with Gasteiger partial charge in [-0.3, -0.25) is 4.90 Å². The van der Waals surface area contributed by atoms with E-state index in [-0.39, 0.29) is 0 Å². The molecule has 0 saturated carbocycles. The van der Waals surface area contributed by atoms with Crippen LogP contribution in [0.2, 0.25) is 0 Å². The van der Waals surface area contributed by atoms with Gasteiger partial charge in [-0.2, -0.15) is 0 Å². The Labute approximate surface area is 131 Å². The first-order valence-corrected chi connectivity index (χ1v) is 9.19. The lowest BCUT2D eigenvalue weighted by atomic mass is 9.92. The van der Waals surface area contributed by atoms with Crippen molar-refractivity contribution < 1.29 is 4.74 Å². The Balaban J connectivity index is 1.88. The molecule has 3 nitrogen and oxygen atoms in total. The maximum atomic E-state index is 5.81. The van der Waals surface area contributed by atoms with E-state index in [9.17, 15) is 0 Å². The molecule has 0 radical (unpaired) electrons. The lowest BCUT2D eigenvalue weighted by molar-refractivity contribution is 0.0586. The molecule has 0 aromatic heterocycles. The fraction of sp³-hybridized carbons (Fsp3) is 1.00. The predicted octanol–water partition coefficient (Wildman–Crippen LogP) is 3.29. The summed E-state index contributed by atoms with van der Waals surface area (Å²) < 4.78 is 5.81. The SMILES string of the molecule is CCC(C)C1CN(CCC2CCCO2)C(CC(C)C)CN1. The molecule has 0 aliphatic carbocycles. The van der Waals surface area contributed by atoms with Gasteiger partial charge < -0.3 is 10.1 Å². The summed E-state index contributed by atoms with van der Waals surface area (Å²) in [5.41, 5.74) is 0. The summed E-state index contributed by atoms with van der Waals surface area (Å²) >= 11 is 0. The third kappa shape index (κ3) is 5.22. The molecule has 0 amide bonds. The second kappa shape index (κ2) is 8.50. The van der Waals surface area contributed by atoms with Crippen LogP contribution < -0.4 is 5.32 Å². The number of nitrogens with one attached hydrogen (secondary N) is 1. The zero-order chi connectivity index (χ0) is 15.2. The minimum atomic E-state index is 0.529. The van der Waals surface area contributed by atoms with E-state index in [1.165, 1.54) is 51.7 Å². The van der Waals surface area contributed by atoms with Gasteiger partial charge in [0.25, 0.3) is 0 Å². The summed E-state index contributed by atoms with van der Waals surface area (Å²) in [5, 5.41) is 3.81. The van der Waals surface area contributed by atoms with Crippen molar-refractivity contribution in [2.45, 2.75) is 78.0 Å². The summed E-state index contributed by atoms with van der Waals surface area (Å²) in [6.07, 6.45) is 6.87. The maximum absolute atomic E-state index is 5.81. The Morgan fingerprint density at radius 3 is 2.71 bits per heavy atom. The van der Waals surface area contributed by atoms with Gasteiger partial charge in [0.1, 0.15) is 0 Å². The van der Waals surface area contributed by atoms with Crippen LogP contribution in [0.25, 0.3) is 0 Å². The van der Waals surface area contributed by atoms with Gasteiger partial charge in [-0.1, -0.05) is 34.1 Å². The van der Waals surface area contributed by atoms with Crippen LogP contribution in [-0.2, 0) is 4.74 Å². The van der Waals surface area contributed by atoms with Gasteiger partial charge >= 0.3 is 0 Å². The van der Waals surface area contributed by atoms with Crippen LogP contribution in [0.4, 0.5) is 0 Å². The highest BCUT2D eigenvalue weighted by Gasteiger charge is 2.30. The summed E-state index contributed by atoms with van der Waals surface area (Å²) in [4.78, 5) is 2.76. The van der Waals surface area contributed by atoms with Crippen LogP contribution in [0.3, 0.4) is 0 Å². The van der Waals surface area contributed by atoms with Gasteiger partial charge in [0.05, 0.1) is 6.10 Å². The minimum Gasteiger partial charge on any atom is -0.378 e. The molecule has 1 N–H and O–H groups in total. The van der Waals surface area contributed by atoms with Gasteiger partial charge in [-0.15, -0.1) is 0 Å². The first kappa shape index (κ1) is 17.2. The van der Waals surface area contributed by atoms with Gasteiger partial charge in [0.2, 0.25) is 0 Å². The van der Waals surface area contributed by atoms with E-state index in [0.717, 1.165) is 18.4 Å². The molecule has 0 spiro atoms. The van der Waals surface area contributed by atoms with Crippen LogP contribution in [0.1, 0.15) is 59.8 Å². The van der Waals surface area contributed by atoms with Crippen LogP contribution in [-0.4, -0.2) is 49.3 Å². The van der Waals surface area contributed by atoms with Crippen molar-refractivity contribution in [3.05, 3.63) is 0 Å². The van der Waals surface area contributed by atoms with Crippen molar-refractivity contribution in [3.63, 3.8) is 0 Å². The van der Waals surface area contributed by atoms with Crippen molar-refractivity contribution in [2.24, 2.45) is 11.8 Å². The standard InChI is InChI=1S/C18H36N2O/c1-5-15(4)18-13-20(9-8-17-7-6-10-21-17)16(12-19-18)11-14(2)3/h14-19H,5-13H2,1-4H3. The molecule has 21 heavy (non-hydrogen) atoms. The lowest BCUT2D eigenvalue weighted by Gasteiger charge is -2.43. The van der Waals surface area contributed by atoms with Crippen molar-refractivity contribution in [1.29, 1.82) is 0 Å². The molecule has 2 fully saturated rings. The molecule has 124 valence electrons. The fourth-order valence-electron chi connectivity index (χ4n) is 3.78. The summed E-state index contributed by atoms with van der Waals surface area (Å²) in [5.74, 6) is 1.55. The van der Waals surface area contributed by atoms with E-state index >= 15 is 0 Å². The summed E-state index contributed by atoms with van der Waals surface area (Å²) in [6.45, 7) is 14.0. The molecule has 4 unspecified atom stereocenters. The molecule has 3 heteroatoms. The predicted molar refractivity (Wildman–Crippen MR) is 89.7 cm³/mol. The molecule has 2 saturated heterocycles. The Bertz CT molecular complexity index is 289. The number of rotatable bonds is 7. The average molecular weight is 296 g/mol. The van der Waals surface area contributed by atoms with Crippen molar-refractivity contribution in [3.8, 4) is 0 Å². The zero-order valence-electron chi connectivity index (χ0n) is 14.6. The molecule has 2 aliphatic rings. The molecule has 2 aliphatic heterocycles. The number of nitrogens with zero attached hydrogens (tertiary/aromatic N) is 1. The van der Waals surface area contributed by atoms with Crippen molar-refractivity contribution >= 4 is 0 Å². The highest BCUT2D eigenvalue weighted by Crippen LogP contribution is 2.22. The van der Waals surface area contributed by atoms with E-state index in [1.807, 2.05) is 0 Å². The Kier molecular flexibility index (Phi) is 6.97. The van der Waals surface area contributed by atoms with E-state index in [4.69, 9.17) is 4.74 Å². The van der Waals surface area contributed by atoms with Crippen LogP contribution in [0.5, 0.6) is 0 Å². The highest BCUT2D eigenvalue weighted by molar-refractivity contribution is 4.89. The molecule has 0 aromatic carbocycles. The largest absolute Gasteiger partial charge is 0.378 e. The Morgan fingerprint density at radius 1 is 1.29 bits per heavy atom. The van der Waals surface area contributed by atoms with E-state index in [1.54, 1.807) is 0 Å². The van der Waals surface area contributed by atoms with Gasteiger partial charge in [0.15, 0.2) is 0 Å². The van der Waals surface area contributed by atoms with Crippen LogP contribution in [0.15, 0.2) is 0 Å². The average Bonchev–Trinajstić information content (AvgIpc) is 2.98. The minimum absolute atomic E-state index is 0.529. The molecule has 0 bridgehead atoms. The summed E-state index contributed by atoms with van der Waals surface area (Å²) in [6, 6.07) is 1.38. The zero-order valence-corrected chi connectivity index (χ0v) is 14.6. The Hall–Kier alpha value is -0.120. The number of hydrogen-bond donors (Lipinski definition) is 1. The van der Waals surface area contributed by atoms with E-state index in [0.29, 0.717) is 18.2 Å². The van der Waals surface area contributed by atoms with Gasteiger partial charge in [0, 0.05) is 38.3 Å². The second-order valence-corrected chi connectivity index (χ2v) is 7.60.